The molecule has 0 aliphatic carbocycles. The fraction of sp³-hybridized carbons (Fsp3) is 0. The molecule has 0 spiro atoms. The third-order valence-corrected chi connectivity index (χ3v) is 0.737. The van der Waals surface area contributed by atoms with Gasteiger partial charge >= 0.3 is 0 Å². The number of aromatic nitrogens is 2. The molecule has 0 radical (unpaired) electrons. The Morgan fingerprint density at radius 2 is 2.75 bits per heavy atom. The lowest BCUT2D eigenvalue weighted by atomic mass is 10.9. The number of nitrogens with one attached hydrogen (secondary N) is 2. The molecule has 0 saturated carbocycles. The van der Waals surface area contributed by atoms with E-state index >= 15 is 0 Å². The predicted octanol–water partition coefficient (Wildman–Crippen LogP) is 0.965. The summed E-state index contributed by atoms with van der Waals surface area (Å²) in [4.78, 5) is 6.71. The van der Waals surface area contributed by atoms with Gasteiger partial charge in [-0.25, -0.2) is 4.98 Å². The first kappa shape index (κ1) is 4.90. The van der Waals surface area contributed by atoms with Gasteiger partial charge in [-0.3, -0.25) is 0 Å². The number of nitrogens with zero attached hydrogens (tertiary/aromatic N) is 1. The molecule has 2 N–H and O–H groups in total. The molecule has 0 aliphatic rings. The fourth-order valence-corrected chi connectivity index (χ4v) is 0.441. The van der Waals surface area contributed by atoms with Crippen LogP contribution in [0.5, 0.6) is 0 Å². The van der Waals surface area contributed by atoms with Gasteiger partial charge < -0.3 is 10.3 Å². The second kappa shape index (κ2) is 2.16. The highest BCUT2D eigenvalue weighted by molar-refractivity contribution is 5.26. The van der Waals surface area contributed by atoms with E-state index in [0.717, 1.165) is 5.95 Å². The van der Waals surface area contributed by atoms with E-state index in [2.05, 4.69) is 21.9 Å². The number of H-pyrrole nitrogens is 1. The van der Waals surface area contributed by atoms with Gasteiger partial charge in [0.15, 0.2) is 0 Å². The van der Waals surface area contributed by atoms with Gasteiger partial charge in [-0.2, -0.15) is 0 Å². The summed E-state index contributed by atoms with van der Waals surface area (Å²) in [6, 6.07) is 0. The van der Waals surface area contributed by atoms with E-state index in [1.807, 2.05) is 0 Å². The Kier molecular flexibility index (Phi) is 1.32. The summed E-state index contributed by atoms with van der Waals surface area (Å²) < 4.78 is 0. The average molecular weight is 109 g/mol. The maximum Gasteiger partial charge on any atom is 0.204 e. The van der Waals surface area contributed by atoms with Gasteiger partial charge in [0.2, 0.25) is 5.95 Å². The quantitative estimate of drug-likeness (QED) is 0.594. The normalized spacial score (nSPS) is 8.50. The van der Waals surface area contributed by atoms with Gasteiger partial charge in [-0.1, -0.05) is 6.58 Å². The Labute approximate surface area is 47.5 Å². The first-order valence-electron chi connectivity index (χ1n) is 2.30. The van der Waals surface area contributed by atoms with E-state index in [9.17, 15) is 0 Å². The van der Waals surface area contributed by atoms with Crippen molar-refractivity contribution in [3.8, 4) is 0 Å². The molecule has 0 amide bonds. The van der Waals surface area contributed by atoms with Crippen molar-refractivity contribution in [2.45, 2.75) is 0 Å². The van der Waals surface area contributed by atoms with Crippen molar-refractivity contribution in [3.63, 3.8) is 0 Å². The first-order chi connectivity index (χ1) is 3.93. The second-order valence-electron chi connectivity index (χ2n) is 1.29. The van der Waals surface area contributed by atoms with Crippen LogP contribution in [0.15, 0.2) is 25.2 Å². The maximum absolute atomic E-state index is 3.87. The molecular weight excluding hydrogens is 102 g/mol. The Morgan fingerprint density at radius 3 is 3.25 bits per heavy atom. The molecule has 3 nitrogen and oxygen atoms in total. The van der Waals surface area contributed by atoms with Gasteiger partial charge in [0, 0.05) is 12.4 Å². The molecule has 0 atom stereocenters. The summed E-state index contributed by atoms with van der Waals surface area (Å²) in [5.74, 6) is 0.722. The molecule has 1 aromatic heterocycles. The molecule has 0 aromatic carbocycles. The van der Waals surface area contributed by atoms with Crippen LogP contribution in [0.2, 0.25) is 0 Å². The second-order valence-corrected chi connectivity index (χ2v) is 1.29. The third kappa shape index (κ3) is 0.872. The van der Waals surface area contributed by atoms with E-state index in [-0.39, 0.29) is 0 Å². The number of hydrogen-bond acceptors (Lipinski definition) is 2. The number of rotatable bonds is 2. The molecule has 1 aromatic rings. The van der Waals surface area contributed by atoms with E-state index in [0.29, 0.717) is 0 Å². The van der Waals surface area contributed by atoms with Crippen LogP contribution in [0.3, 0.4) is 0 Å². The van der Waals surface area contributed by atoms with Gasteiger partial charge in [0.1, 0.15) is 0 Å². The van der Waals surface area contributed by atoms with Crippen LogP contribution < -0.4 is 5.32 Å². The van der Waals surface area contributed by atoms with Crippen LogP contribution in [-0.4, -0.2) is 9.97 Å². The highest BCUT2D eigenvalue weighted by atomic mass is 15.1. The molecule has 0 aliphatic heterocycles. The summed E-state index contributed by atoms with van der Waals surface area (Å²) in [5.41, 5.74) is 0. The lowest BCUT2D eigenvalue weighted by molar-refractivity contribution is 1.29. The Bertz CT molecular complexity index is 154. The molecule has 42 valence electrons. The van der Waals surface area contributed by atoms with Crippen molar-refractivity contribution >= 4 is 5.95 Å². The lowest BCUT2D eigenvalue weighted by Crippen LogP contribution is -1.86. The van der Waals surface area contributed by atoms with Crippen LogP contribution in [-0.2, 0) is 0 Å². The van der Waals surface area contributed by atoms with E-state index in [4.69, 9.17) is 0 Å². The zero-order valence-electron chi connectivity index (χ0n) is 4.39. The summed E-state index contributed by atoms with van der Waals surface area (Å²) in [7, 11) is 0. The molecular formula is C5H7N3. The van der Waals surface area contributed by atoms with Gasteiger partial charge in [-0.05, 0) is 6.20 Å². The minimum Gasteiger partial charge on any atom is -0.333 e. The van der Waals surface area contributed by atoms with Crippen LogP contribution >= 0.6 is 0 Å². The summed E-state index contributed by atoms with van der Waals surface area (Å²) >= 11 is 0. The minimum absolute atomic E-state index is 0.722. The lowest BCUT2D eigenvalue weighted by Gasteiger charge is -1.87. The van der Waals surface area contributed by atoms with Gasteiger partial charge in [-0.15, -0.1) is 0 Å². The number of anilines is 1. The highest BCUT2D eigenvalue weighted by Crippen LogP contribution is 1.91. The van der Waals surface area contributed by atoms with E-state index in [1.165, 1.54) is 0 Å². The van der Waals surface area contributed by atoms with E-state index < -0.39 is 0 Å². The van der Waals surface area contributed by atoms with E-state index in [1.54, 1.807) is 18.6 Å². The zero-order valence-corrected chi connectivity index (χ0v) is 4.39. The van der Waals surface area contributed by atoms with Crippen LogP contribution in [0.25, 0.3) is 0 Å². The molecule has 8 heavy (non-hydrogen) atoms. The SMILES string of the molecule is C=CNc1ncc[nH]1. The average Bonchev–Trinajstić information content (AvgIpc) is 2.19. The smallest absolute Gasteiger partial charge is 0.204 e. The zero-order chi connectivity index (χ0) is 5.82. The number of aromatic amines is 1. The summed E-state index contributed by atoms with van der Waals surface area (Å²) in [6.07, 6.45) is 4.98. The Morgan fingerprint density at radius 1 is 1.88 bits per heavy atom. The molecule has 1 heterocycles. The minimum atomic E-state index is 0.722. The first-order valence-corrected chi connectivity index (χ1v) is 2.30. The predicted molar refractivity (Wildman–Crippen MR) is 32.4 cm³/mol. The fourth-order valence-electron chi connectivity index (χ4n) is 0.441. The summed E-state index contributed by atoms with van der Waals surface area (Å²) in [5, 5.41) is 2.78. The molecule has 3 heteroatoms. The van der Waals surface area contributed by atoms with Crippen molar-refractivity contribution in [2.24, 2.45) is 0 Å². The maximum atomic E-state index is 3.87. The number of hydrogen-bond donors (Lipinski definition) is 2. The van der Waals surface area contributed by atoms with Crippen molar-refractivity contribution < 1.29 is 0 Å². The van der Waals surface area contributed by atoms with Crippen molar-refractivity contribution in [1.29, 1.82) is 0 Å². The van der Waals surface area contributed by atoms with Crippen molar-refractivity contribution in [2.75, 3.05) is 5.32 Å². The van der Waals surface area contributed by atoms with Crippen LogP contribution in [0.1, 0.15) is 0 Å². The largest absolute Gasteiger partial charge is 0.333 e. The highest BCUT2D eigenvalue weighted by Gasteiger charge is 1.82. The standard InChI is InChI=1S/C5H7N3/c1-2-6-5-7-3-4-8-5/h2-4H,1H2,(H2,6,7,8). The van der Waals surface area contributed by atoms with Crippen molar-refractivity contribution in [3.05, 3.63) is 25.2 Å². The van der Waals surface area contributed by atoms with Crippen LogP contribution in [0.4, 0.5) is 5.95 Å². The van der Waals surface area contributed by atoms with Gasteiger partial charge in [0.05, 0.1) is 0 Å². The Balaban J connectivity index is 2.62. The molecule has 0 unspecified atom stereocenters. The number of imidazole rings is 1. The molecule has 0 saturated heterocycles. The third-order valence-electron chi connectivity index (χ3n) is 0.737. The molecule has 1 rings (SSSR count). The monoisotopic (exact) mass is 109 g/mol. The molecule has 0 fully saturated rings. The van der Waals surface area contributed by atoms with Gasteiger partial charge in [0.25, 0.3) is 0 Å². The molecule has 0 bridgehead atoms. The van der Waals surface area contributed by atoms with Crippen molar-refractivity contribution in [1.82, 2.24) is 9.97 Å². The van der Waals surface area contributed by atoms with Crippen LogP contribution in [0, 0.1) is 0 Å². The summed E-state index contributed by atoms with van der Waals surface area (Å²) in [6.45, 7) is 3.46. The Hall–Kier alpha value is -1.25. The topological polar surface area (TPSA) is 40.7 Å².